The number of piperidine rings is 3. The second-order valence-electron chi connectivity index (χ2n) is 16.6. The Morgan fingerprint density at radius 3 is 2.39 bits per heavy atom. The van der Waals surface area contributed by atoms with Gasteiger partial charge in [0.25, 0.3) is 5.91 Å². The maximum absolute atomic E-state index is 14.1. The van der Waals surface area contributed by atoms with Crippen LogP contribution in [0.5, 0.6) is 17.2 Å². The Hall–Kier alpha value is -6.67. The first-order chi connectivity index (χ1) is 31.2. The van der Waals surface area contributed by atoms with E-state index in [4.69, 9.17) is 14.2 Å². The van der Waals surface area contributed by atoms with Gasteiger partial charge in [-0.1, -0.05) is 72.8 Å². The molecule has 0 radical (unpaired) electrons. The van der Waals surface area contributed by atoms with Crippen LogP contribution in [0.4, 0.5) is 4.79 Å². The van der Waals surface area contributed by atoms with Crippen molar-refractivity contribution in [2.24, 2.45) is 5.92 Å². The van der Waals surface area contributed by atoms with Gasteiger partial charge in [-0.15, -0.1) is 0 Å². The number of hydrogen-bond donors (Lipinski definition) is 5. The summed E-state index contributed by atoms with van der Waals surface area (Å²) in [6.07, 6.45) is 1.31. The molecule has 3 aliphatic heterocycles. The Morgan fingerprint density at radius 1 is 0.859 bits per heavy atom. The first-order valence-corrected chi connectivity index (χ1v) is 21.9. The van der Waals surface area contributed by atoms with Gasteiger partial charge in [-0.3, -0.25) is 14.5 Å². The minimum atomic E-state index is -0.895. The van der Waals surface area contributed by atoms with Crippen LogP contribution in [0.3, 0.4) is 0 Å². The summed E-state index contributed by atoms with van der Waals surface area (Å²) in [5.74, 6) is 1.56. The summed E-state index contributed by atoms with van der Waals surface area (Å²) in [6.45, 7) is 4.77. The van der Waals surface area contributed by atoms with Crippen LogP contribution < -0.4 is 25.7 Å². The molecule has 13 heteroatoms. The van der Waals surface area contributed by atoms with E-state index < -0.39 is 18.2 Å². The first kappa shape index (κ1) is 44.0. The van der Waals surface area contributed by atoms with Gasteiger partial charge < -0.3 is 44.9 Å². The molecule has 5 N–H and O–H groups in total. The number of benzene rings is 5. The highest BCUT2D eigenvalue weighted by Gasteiger charge is 2.37. The number of hydrogen-bond acceptors (Lipinski definition) is 10. The number of aromatic nitrogens is 1. The maximum Gasteiger partial charge on any atom is 0.408 e. The van der Waals surface area contributed by atoms with Crippen molar-refractivity contribution in [1.29, 1.82) is 0 Å². The zero-order valence-corrected chi connectivity index (χ0v) is 36.0. The molecule has 0 saturated carbocycles. The molecule has 3 atom stereocenters. The number of aliphatic hydroxyl groups excluding tert-OH is 1. The van der Waals surface area contributed by atoms with Crippen molar-refractivity contribution in [3.63, 3.8) is 0 Å². The zero-order valence-electron chi connectivity index (χ0n) is 36.0. The van der Waals surface area contributed by atoms with E-state index in [0.29, 0.717) is 60.0 Å². The molecule has 2 amide bonds. The number of aromatic hydroxyl groups is 1. The number of rotatable bonds is 18. The van der Waals surface area contributed by atoms with Crippen molar-refractivity contribution in [3.05, 3.63) is 171 Å². The summed E-state index contributed by atoms with van der Waals surface area (Å²) in [5, 5.41) is 28.2. The van der Waals surface area contributed by atoms with E-state index in [1.807, 2.05) is 103 Å². The molecule has 3 fully saturated rings. The van der Waals surface area contributed by atoms with Crippen LogP contribution in [0.15, 0.2) is 132 Å². The number of aliphatic hydroxyl groups is 1. The highest BCUT2D eigenvalue weighted by atomic mass is 16.6. The normalized spacial score (nSPS) is 17.6. The Morgan fingerprint density at radius 2 is 1.62 bits per heavy atom. The quantitative estimate of drug-likeness (QED) is 0.0564. The molecule has 64 heavy (non-hydrogen) atoms. The van der Waals surface area contributed by atoms with E-state index in [1.165, 1.54) is 12.1 Å². The molecule has 3 aliphatic rings. The maximum atomic E-state index is 14.1. The number of H-pyrrole nitrogens is 1. The number of fused-ring (bicyclic) bond motifs is 4. The zero-order chi connectivity index (χ0) is 44.4. The van der Waals surface area contributed by atoms with Gasteiger partial charge in [0.2, 0.25) is 5.56 Å². The summed E-state index contributed by atoms with van der Waals surface area (Å²) in [5.41, 5.74) is 4.66. The molecule has 2 unspecified atom stereocenters. The van der Waals surface area contributed by atoms with E-state index in [9.17, 15) is 24.6 Å². The Balaban J connectivity index is 0.885. The second kappa shape index (κ2) is 20.7. The molecule has 9 rings (SSSR count). The van der Waals surface area contributed by atoms with Gasteiger partial charge in [0.1, 0.15) is 30.0 Å². The number of ether oxygens (including phenoxy) is 3. The molecule has 5 aromatic carbocycles. The van der Waals surface area contributed by atoms with Gasteiger partial charge in [-0.25, -0.2) is 4.79 Å². The van der Waals surface area contributed by atoms with Crippen LogP contribution in [0.25, 0.3) is 10.9 Å². The van der Waals surface area contributed by atoms with Gasteiger partial charge in [0.15, 0.2) is 0 Å². The van der Waals surface area contributed by atoms with E-state index in [-0.39, 0.29) is 42.0 Å². The molecule has 6 aromatic rings. The summed E-state index contributed by atoms with van der Waals surface area (Å²) in [7, 11) is 1.61. The number of carbonyl (C=O) groups excluding carboxylic acids is 2. The van der Waals surface area contributed by atoms with Crippen LogP contribution in [-0.4, -0.2) is 89.5 Å². The topological polar surface area (TPSA) is 166 Å². The fraction of sp³-hybridized carbons (Fsp3) is 0.314. The van der Waals surface area contributed by atoms with E-state index >= 15 is 0 Å². The van der Waals surface area contributed by atoms with Gasteiger partial charge in [-0.2, -0.15) is 0 Å². The molecule has 0 aliphatic carbocycles. The monoisotopic (exact) mass is 865 g/mol. The van der Waals surface area contributed by atoms with Crippen molar-refractivity contribution in [2.75, 3.05) is 46.4 Å². The highest BCUT2D eigenvalue weighted by Crippen LogP contribution is 2.32. The lowest BCUT2D eigenvalue weighted by atomic mass is 9.86. The number of methoxy groups -OCH3 is 1. The second-order valence-corrected chi connectivity index (χ2v) is 16.6. The fourth-order valence-corrected chi connectivity index (χ4v) is 8.75. The Bertz CT molecular complexity index is 2580. The van der Waals surface area contributed by atoms with Crippen molar-refractivity contribution in [2.45, 2.75) is 50.7 Å². The number of nitrogens with zero attached hydrogens (tertiary/aromatic N) is 2. The smallest absolute Gasteiger partial charge is 0.408 e. The summed E-state index contributed by atoms with van der Waals surface area (Å²) >= 11 is 0. The number of amides is 2. The molecule has 3 saturated heterocycles. The van der Waals surface area contributed by atoms with Gasteiger partial charge in [0.05, 0.1) is 24.8 Å². The molecule has 332 valence electrons. The minimum Gasteiger partial charge on any atom is -0.506 e. The lowest BCUT2D eigenvalue weighted by Crippen LogP contribution is -2.52. The number of phenols is 1. The number of carbonyl (C=O) groups is 2. The molecular weight excluding hydrogens is 811 g/mol. The summed E-state index contributed by atoms with van der Waals surface area (Å²) in [4.78, 5) is 46.0. The molecule has 1 aromatic heterocycles. The molecular formula is C51H55N5O8. The van der Waals surface area contributed by atoms with Gasteiger partial charge >= 0.3 is 6.09 Å². The first-order valence-electron chi connectivity index (χ1n) is 21.9. The number of nitrogens with one attached hydrogen (secondary N) is 3. The number of phenolic OH excluding ortho intramolecular Hbond substituents is 1. The largest absolute Gasteiger partial charge is 0.506 e. The number of alkyl carbamates (subject to hydrolysis) is 1. The highest BCUT2D eigenvalue weighted by molar-refractivity contribution is 5.94. The standard InChI is InChI=1S/C51H55N5O8/c1-62-40-12-5-8-35(28-40)31-56(25-7-24-52-30-45(58)42-18-20-44(57)49-43(42)19-21-47(59)53-49)50(60)38-16-14-34(15-17-38)33-63-41-13-6-11-39(29-41)48(37-9-3-2-4-10-37)54-51(61)64-46-32-55-26-22-36(46)23-27-55/h2-6,8-21,28-29,36,45-46,48,52,57-58H,7,22-27,30-33H2,1H3,(H,53,59)(H,54,61)/t45?,46?,48-/m0/s1. The van der Waals surface area contributed by atoms with Crippen molar-refractivity contribution in [1.82, 2.24) is 25.4 Å². The van der Waals surface area contributed by atoms with Crippen LogP contribution in [0, 0.1) is 5.92 Å². The fourth-order valence-electron chi connectivity index (χ4n) is 8.75. The average Bonchev–Trinajstić information content (AvgIpc) is 3.33. The van der Waals surface area contributed by atoms with Crippen LogP contribution in [0.1, 0.15) is 69.6 Å². The predicted octanol–water partition coefficient (Wildman–Crippen LogP) is 7.09. The SMILES string of the molecule is COc1cccc(CN(CCCNCC(O)c2ccc(O)c3[nH]c(=O)ccc23)C(=O)c2ccc(COc3cccc([C@@H](NC(=O)OC4CN5CCC4CC5)c4ccccc4)c3)cc2)c1. The number of aromatic amines is 1. The molecule has 0 spiro atoms. The molecule has 13 nitrogen and oxygen atoms in total. The van der Waals surface area contributed by atoms with Gasteiger partial charge in [0, 0.05) is 43.2 Å². The predicted molar refractivity (Wildman–Crippen MR) is 244 cm³/mol. The Kier molecular flexibility index (Phi) is 14.2. The minimum absolute atomic E-state index is 0.0659. The average molecular weight is 866 g/mol. The van der Waals surface area contributed by atoms with Crippen LogP contribution in [0.2, 0.25) is 0 Å². The lowest BCUT2D eigenvalue weighted by Gasteiger charge is -2.43. The third-order valence-corrected chi connectivity index (χ3v) is 12.2. The van der Waals surface area contributed by atoms with Crippen molar-refractivity contribution in [3.8, 4) is 17.2 Å². The van der Waals surface area contributed by atoms with E-state index in [2.05, 4.69) is 20.5 Å². The summed E-state index contributed by atoms with van der Waals surface area (Å²) in [6, 6.07) is 38.2. The molecule has 2 bridgehead atoms. The van der Waals surface area contributed by atoms with Crippen LogP contribution in [-0.2, 0) is 17.9 Å². The molecule has 4 heterocycles. The Labute approximate surface area is 372 Å². The lowest BCUT2D eigenvalue weighted by molar-refractivity contribution is -0.0336. The van der Waals surface area contributed by atoms with Crippen molar-refractivity contribution < 1.29 is 34.0 Å². The summed E-state index contributed by atoms with van der Waals surface area (Å²) < 4.78 is 17.7. The van der Waals surface area contributed by atoms with Crippen molar-refractivity contribution >= 4 is 22.9 Å². The van der Waals surface area contributed by atoms with E-state index in [0.717, 1.165) is 54.7 Å². The number of pyridine rings is 1. The third-order valence-electron chi connectivity index (χ3n) is 12.2. The van der Waals surface area contributed by atoms with Gasteiger partial charge in [-0.05, 0) is 121 Å². The van der Waals surface area contributed by atoms with E-state index in [1.54, 1.807) is 24.1 Å². The third kappa shape index (κ3) is 10.9. The van der Waals surface area contributed by atoms with Crippen LogP contribution >= 0.6 is 0 Å².